The summed E-state index contributed by atoms with van der Waals surface area (Å²) >= 11 is 0. The molecule has 0 aromatic heterocycles. The fourth-order valence-electron chi connectivity index (χ4n) is 5.88. The number of benzene rings is 3. The van der Waals surface area contributed by atoms with E-state index in [-0.39, 0.29) is 5.56 Å². The lowest BCUT2D eigenvalue weighted by molar-refractivity contribution is -0.137. The number of anilines is 2. The quantitative estimate of drug-likeness (QED) is 0.250. The van der Waals surface area contributed by atoms with E-state index < -0.39 is 11.7 Å². The Labute approximate surface area is 274 Å². The number of allylic oxidation sites excluding steroid dienone is 2. The van der Waals surface area contributed by atoms with Crippen molar-refractivity contribution in [3.63, 3.8) is 0 Å². The number of nitrogens with zero attached hydrogens (tertiary/aromatic N) is 3. The third kappa shape index (κ3) is 10.5. The molecule has 2 aliphatic heterocycles. The Morgan fingerprint density at radius 3 is 1.98 bits per heavy atom. The van der Waals surface area contributed by atoms with Gasteiger partial charge in [0.05, 0.1) is 5.56 Å². The van der Waals surface area contributed by atoms with Crippen LogP contribution in [0.4, 0.5) is 24.5 Å². The van der Waals surface area contributed by atoms with Gasteiger partial charge in [-0.05, 0) is 94.1 Å². The van der Waals surface area contributed by atoms with E-state index in [0.717, 1.165) is 38.8 Å². The molecular formula is C39H51F3N4. The first-order valence-electron chi connectivity index (χ1n) is 16.1. The monoisotopic (exact) mass is 632 g/mol. The summed E-state index contributed by atoms with van der Waals surface area (Å²) in [7, 11) is 2.00. The molecule has 0 saturated carbocycles. The number of halogens is 3. The van der Waals surface area contributed by atoms with Gasteiger partial charge in [-0.2, -0.15) is 13.2 Å². The Bertz CT molecular complexity index is 1440. The molecule has 0 bridgehead atoms. The van der Waals surface area contributed by atoms with E-state index in [0.29, 0.717) is 5.57 Å². The molecule has 3 aromatic rings. The maximum atomic E-state index is 12.4. The summed E-state index contributed by atoms with van der Waals surface area (Å²) < 4.78 is 37.1. The van der Waals surface area contributed by atoms with E-state index in [1.54, 1.807) is 13.0 Å². The van der Waals surface area contributed by atoms with Gasteiger partial charge in [-0.15, -0.1) is 0 Å². The number of rotatable bonds is 8. The summed E-state index contributed by atoms with van der Waals surface area (Å²) in [6.45, 7) is 25.1. The number of hydrogen-bond donors (Lipinski definition) is 1. The highest BCUT2D eigenvalue weighted by atomic mass is 19.4. The van der Waals surface area contributed by atoms with E-state index in [1.807, 2.05) is 13.1 Å². The van der Waals surface area contributed by atoms with Crippen molar-refractivity contribution in [3.05, 3.63) is 120 Å². The summed E-state index contributed by atoms with van der Waals surface area (Å²) in [6.07, 6.45) is 1.36. The van der Waals surface area contributed by atoms with Gasteiger partial charge in [0.15, 0.2) is 0 Å². The SMILES string of the molecule is C=C(C)c1ccccc1C(F)(F)F.C=C1CCCN1CCCNC.C=Cc1ccc(N2CCN(c3ccccc3C)CC2)c(C)c1. The van der Waals surface area contributed by atoms with Gasteiger partial charge in [0.25, 0.3) is 0 Å². The second kappa shape index (κ2) is 17.7. The largest absolute Gasteiger partial charge is 0.416 e. The fraction of sp³-hybridized carbons (Fsp3) is 0.385. The molecule has 0 spiro atoms. The van der Waals surface area contributed by atoms with E-state index in [2.05, 4.69) is 96.1 Å². The smallest absolute Gasteiger partial charge is 0.375 e. The summed E-state index contributed by atoms with van der Waals surface area (Å²) in [5, 5.41) is 3.15. The maximum Gasteiger partial charge on any atom is 0.416 e. The van der Waals surface area contributed by atoms with Crippen LogP contribution in [0, 0.1) is 13.8 Å². The van der Waals surface area contributed by atoms with Crippen LogP contribution >= 0.6 is 0 Å². The van der Waals surface area contributed by atoms with Crippen LogP contribution in [0.3, 0.4) is 0 Å². The van der Waals surface area contributed by atoms with E-state index in [4.69, 9.17) is 0 Å². The standard InChI is InChI=1S/C20H24N2.C10H9F3.C9H18N2/c1-4-18-9-10-20(17(3)15-18)22-13-11-21(12-14-22)19-8-6-5-7-16(19)2;1-7(2)8-5-3-4-6-9(8)10(11,12)13;1-9-5-3-7-11(9)8-4-6-10-2/h4-10,15H,1,11-14H2,2-3H3;3-6H,1H2,2H3;10H,1,3-8H2,2H3. The van der Waals surface area contributed by atoms with E-state index in [1.165, 1.54) is 78.2 Å². The fourth-order valence-corrected chi connectivity index (χ4v) is 5.88. The number of aryl methyl sites for hydroxylation is 2. The molecule has 0 amide bonds. The first-order chi connectivity index (χ1) is 22.0. The van der Waals surface area contributed by atoms with Gasteiger partial charge in [-0.1, -0.05) is 79.9 Å². The molecule has 0 radical (unpaired) electrons. The van der Waals surface area contributed by atoms with Gasteiger partial charge in [0, 0.05) is 56.3 Å². The molecular weight excluding hydrogens is 581 g/mol. The normalized spacial score (nSPS) is 14.7. The molecule has 2 aliphatic rings. The molecule has 5 rings (SSSR count). The first-order valence-corrected chi connectivity index (χ1v) is 16.1. The topological polar surface area (TPSA) is 21.8 Å². The number of para-hydroxylation sites is 1. The average Bonchev–Trinajstić information content (AvgIpc) is 3.46. The predicted octanol–water partition coefficient (Wildman–Crippen LogP) is 9.22. The van der Waals surface area contributed by atoms with Crippen LogP contribution in [-0.2, 0) is 6.18 Å². The molecule has 0 unspecified atom stereocenters. The molecule has 0 atom stereocenters. The van der Waals surface area contributed by atoms with Gasteiger partial charge >= 0.3 is 6.18 Å². The summed E-state index contributed by atoms with van der Waals surface area (Å²) in [5.74, 6) is 0. The highest BCUT2D eigenvalue weighted by molar-refractivity contribution is 5.65. The number of alkyl halides is 3. The van der Waals surface area contributed by atoms with Crippen molar-refractivity contribution >= 4 is 23.0 Å². The molecule has 4 nitrogen and oxygen atoms in total. The van der Waals surface area contributed by atoms with Crippen molar-refractivity contribution < 1.29 is 13.2 Å². The van der Waals surface area contributed by atoms with Crippen LogP contribution in [0.1, 0.15) is 54.0 Å². The lowest BCUT2D eigenvalue weighted by Crippen LogP contribution is -2.47. The third-order valence-corrected chi connectivity index (χ3v) is 8.42. The molecule has 46 heavy (non-hydrogen) atoms. The van der Waals surface area contributed by atoms with Crippen LogP contribution < -0.4 is 15.1 Å². The van der Waals surface area contributed by atoms with Crippen molar-refractivity contribution in [2.45, 2.75) is 46.2 Å². The molecule has 2 heterocycles. The van der Waals surface area contributed by atoms with Gasteiger partial charge in [-0.3, -0.25) is 0 Å². The van der Waals surface area contributed by atoms with E-state index >= 15 is 0 Å². The molecule has 2 saturated heterocycles. The molecule has 3 aromatic carbocycles. The second-order valence-corrected chi connectivity index (χ2v) is 11.9. The molecule has 248 valence electrons. The summed E-state index contributed by atoms with van der Waals surface area (Å²) in [5.41, 5.74) is 7.92. The third-order valence-electron chi connectivity index (χ3n) is 8.42. The van der Waals surface area contributed by atoms with Crippen molar-refractivity contribution in [3.8, 4) is 0 Å². The Morgan fingerprint density at radius 2 is 1.48 bits per heavy atom. The lowest BCUT2D eigenvalue weighted by Gasteiger charge is -2.38. The van der Waals surface area contributed by atoms with Crippen LogP contribution in [0.15, 0.2) is 92.2 Å². The Morgan fingerprint density at radius 1 is 0.870 bits per heavy atom. The van der Waals surface area contributed by atoms with Gasteiger partial charge < -0.3 is 20.0 Å². The summed E-state index contributed by atoms with van der Waals surface area (Å²) in [4.78, 5) is 7.40. The first kappa shape index (κ1) is 36.5. The minimum Gasteiger partial charge on any atom is -0.375 e. The zero-order valence-corrected chi connectivity index (χ0v) is 28.1. The summed E-state index contributed by atoms with van der Waals surface area (Å²) in [6, 6.07) is 20.7. The van der Waals surface area contributed by atoms with Gasteiger partial charge in [0.2, 0.25) is 0 Å². The Balaban J connectivity index is 0.000000205. The lowest BCUT2D eigenvalue weighted by atomic mass is 10.0. The van der Waals surface area contributed by atoms with Crippen LogP contribution in [0.2, 0.25) is 0 Å². The van der Waals surface area contributed by atoms with Crippen molar-refractivity contribution in [2.24, 2.45) is 0 Å². The van der Waals surface area contributed by atoms with Gasteiger partial charge in [-0.25, -0.2) is 0 Å². The zero-order chi connectivity index (χ0) is 33.7. The maximum absolute atomic E-state index is 12.4. The van der Waals surface area contributed by atoms with Crippen LogP contribution in [0.5, 0.6) is 0 Å². The predicted molar refractivity (Wildman–Crippen MR) is 192 cm³/mol. The second-order valence-electron chi connectivity index (χ2n) is 11.9. The minimum absolute atomic E-state index is 0.162. The molecule has 2 fully saturated rings. The Hall–Kier alpha value is -3.97. The number of nitrogens with one attached hydrogen (secondary N) is 1. The van der Waals surface area contributed by atoms with Crippen molar-refractivity contribution in [2.75, 3.05) is 62.7 Å². The van der Waals surface area contributed by atoms with Crippen LogP contribution in [-0.4, -0.2) is 57.8 Å². The van der Waals surface area contributed by atoms with Crippen molar-refractivity contribution in [1.29, 1.82) is 0 Å². The Kier molecular flexibility index (Phi) is 14.0. The van der Waals surface area contributed by atoms with E-state index in [9.17, 15) is 13.2 Å². The molecule has 7 heteroatoms. The molecule has 0 aliphatic carbocycles. The number of likely N-dealkylation sites (tertiary alicyclic amines) is 1. The number of hydrogen-bond acceptors (Lipinski definition) is 4. The highest BCUT2D eigenvalue weighted by Gasteiger charge is 2.32. The minimum atomic E-state index is -4.30. The zero-order valence-electron chi connectivity index (χ0n) is 28.1. The van der Waals surface area contributed by atoms with Gasteiger partial charge in [0.1, 0.15) is 0 Å². The molecule has 1 N–H and O–H groups in total. The van der Waals surface area contributed by atoms with Crippen molar-refractivity contribution in [1.82, 2.24) is 10.2 Å². The van der Waals surface area contributed by atoms with Crippen LogP contribution in [0.25, 0.3) is 11.6 Å². The highest BCUT2D eigenvalue weighted by Crippen LogP contribution is 2.34. The number of piperazine rings is 1. The average molecular weight is 633 g/mol.